The van der Waals surface area contributed by atoms with Crippen molar-refractivity contribution in [1.82, 2.24) is 10.2 Å². The van der Waals surface area contributed by atoms with E-state index in [1.807, 2.05) is 49.4 Å². The van der Waals surface area contributed by atoms with E-state index in [1.54, 1.807) is 25.1 Å². The van der Waals surface area contributed by atoms with Gasteiger partial charge in [-0.2, -0.15) is 0 Å². The van der Waals surface area contributed by atoms with Gasteiger partial charge in [-0.3, -0.25) is 9.59 Å². The average molecular weight is 435 g/mol. The van der Waals surface area contributed by atoms with Crippen LogP contribution in [0.4, 0.5) is 0 Å². The molecule has 0 aliphatic carbocycles. The number of rotatable bonds is 10. The van der Waals surface area contributed by atoms with E-state index in [2.05, 4.69) is 5.32 Å². The molecule has 0 radical (unpaired) electrons. The van der Waals surface area contributed by atoms with Gasteiger partial charge in [-0.15, -0.1) is 11.8 Å². The Bertz CT molecular complexity index is 814. The SMILES string of the molecule is CCC(C(=O)NC)N(Cc1ccccc1Cl)C(=O)CSCc1ccc(OC)cc1. The van der Waals surface area contributed by atoms with Gasteiger partial charge in [0.15, 0.2) is 0 Å². The number of thioether (sulfide) groups is 1. The number of amides is 2. The molecule has 2 aromatic carbocycles. The third-order valence-electron chi connectivity index (χ3n) is 4.58. The maximum atomic E-state index is 13.0. The summed E-state index contributed by atoms with van der Waals surface area (Å²) in [5, 5.41) is 3.25. The molecule has 29 heavy (non-hydrogen) atoms. The number of nitrogens with zero attached hydrogens (tertiary/aromatic N) is 1. The van der Waals surface area contributed by atoms with Crippen LogP contribution in [0.5, 0.6) is 5.75 Å². The van der Waals surface area contributed by atoms with Gasteiger partial charge in [0, 0.05) is 24.4 Å². The number of nitrogens with one attached hydrogen (secondary N) is 1. The summed E-state index contributed by atoms with van der Waals surface area (Å²) >= 11 is 7.81. The zero-order valence-electron chi connectivity index (χ0n) is 17.0. The Morgan fingerprint density at radius 2 is 1.86 bits per heavy atom. The van der Waals surface area contributed by atoms with Gasteiger partial charge in [0.2, 0.25) is 11.8 Å². The highest BCUT2D eigenvalue weighted by molar-refractivity contribution is 7.99. The topological polar surface area (TPSA) is 58.6 Å². The molecule has 5 nitrogen and oxygen atoms in total. The molecular formula is C22H27ClN2O3S. The van der Waals surface area contributed by atoms with E-state index in [-0.39, 0.29) is 17.6 Å². The largest absolute Gasteiger partial charge is 0.497 e. The number of hydrogen-bond acceptors (Lipinski definition) is 4. The second-order valence-electron chi connectivity index (χ2n) is 6.49. The summed E-state index contributed by atoms with van der Waals surface area (Å²) < 4.78 is 5.17. The Balaban J connectivity index is 2.08. The van der Waals surface area contributed by atoms with Crippen LogP contribution in [0.3, 0.4) is 0 Å². The first-order chi connectivity index (χ1) is 14.0. The summed E-state index contributed by atoms with van der Waals surface area (Å²) in [7, 11) is 3.22. The van der Waals surface area contributed by atoms with Gasteiger partial charge in [0.25, 0.3) is 0 Å². The van der Waals surface area contributed by atoms with Crippen molar-refractivity contribution in [2.45, 2.75) is 31.7 Å². The summed E-state index contributed by atoms with van der Waals surface area (Å²) in [6.07, 6.45) is 0.527. The normalized spacial score (nSPS) is 11.6. The minimum absolute atomic E-state index is 0.0844. The Labute approximate surface area is 181 Å². The van der Waals surface area contributed by atoms with Gasteiger partial charge in [0.05, 0.1) is 12.9 Å². The molecule has 2 aromatic rings. The fraction of sp³-hybridized carbons (Fsp3) is 0.364. The van der Waals surface area contributed by atoms with Crippen LogP contribution in [-0.4, -0.2) is 42.7 Å². The molecule has 156 valence electrons. The minimum atomic E-state index is -0.537. The number of benzene rings is 2. The van der Waals surface area contributed by atoms with Gasteiger partial charge in [-0.1, -0.05) is 48.9 Å². The van der Waals surface area contributed by atoms with E-state index in [9.17, 15) is 9.59 Å². The van der Waals surface area contributed by atoms with Crippen molar-refractivity contribution in [3.8, 4) is 5.75 Å². The zero-order chi connectivity index (χ0) is 21.2. The molecule has 0 bridgehead atoms. The van der Waals surface area contributed by atoms with E-state index in [1.165, 1.54) is 11.8 Å². The molecule has 0 saturated heterocycles. The van der Waals surface area contributed by atoms with Crippen molar-refractivity contribution < 1.29 is 14.3 Å². The Kier molecular flexibility index (Phi) is 9.35. The molecule has 2 rings (SSSR count). The predicted octanol–water partition coefficient (Wildman–Crippen LogP) is 4.14. The number of likely N-dealkylation sites (N-methyl/N-ethyl adjacent to an activating group) is 1. The van der Waals surface area contributed by atoms with Crippen molar-refractivity contribution in [3.63, 3.8) is 0 Å². The van der Waals surface area contributed by atoms with Gasteiger partial charge >= 0.3 is 0 Å². The van der Waals surface area contributed by atoms with Gasteiger partial charge in [0.1, 0.15) is 11.8 Å². The zero-order valence-corrected chi connectivity index (χ0v) is 18.6. The van der Waals surface area contributed by atoms with Crippen molar-refractivity contribution in [2.75, 3.05) is 19.9 Å². The van der Waals surface area contributed by atoms with Crippen LogP contribution < -0.4 is 10.1 Å². The van der Waals surface area contributed by atoms with Crippen LogP contribution in [0.15, 0.2) is 48.5 Å². The average Bonchev–Trinajstić information content (AvgIpc) is 2.75. The smallest absolute Gasteiger partial charge is 0.242 e. The first-order valence-corrected chi connectivity index (χ1v) is 11.0. The third kappa shape index (κ3) is 6.68. The summed E-state index contributed by atoms with van der Waals surface area (Å²) in [5.41, 5.74) is 1.93. The molecule has 0 saturated carbocycles. The molecular weight excluding hydrogens is 408 g/mol. The third-order valence-corrected chi connectivity index (χ3v) is 5.94. The van der Waals surface area contributed by atoms with Gasteiger partial charge in [-0.25, -0.2) is 0 Å². The summed E-state index contributed by atoms with van der Waals surface area (Å²) in [6.45, 7) is 2.20. The second kappa shape index (κ2) is 11.7. The maximum absolute atomic E-state index is 13.0. The molecule has 0 heterocycles. The van der Waals surface area contributed by atoms with Gasteiger partial charge < -0.3 is 15.0 Å². The number of carbonyl (C=O) groups is 2. The monoisotopic (exact) mass is 434 g/mol. The number of carbonyl (C=O) groups excluding carboxylic acids is 2. The number of methoxy groups -OCH3 is 1. The highest BCUT2D eigenvalue weighted by atomic mass is 35.5. The van der Waals surface area contributed by atoms with Crippen LogP contribution in [0.25, 0.3) is 0 Å². The van der Waals surface area contributed by atoms with Crippen LogP contribution in [-0.2, 0) is 21.9 Å². The molecule has 1 atom stereocenters. The number of ether oxygens (including phenoxy) is 1. The molecule has 0 fully saturated rings. The van der Waals surface area contributed by atoms with Gasteiger partial charge in [-0.05, 0) is 35.7 Å². The lowest BCUT2D eigenvalue weighted by Crippen LogP contribution is -2.48. The van der Waals surface area contributed by atoms with Crippen LogP contribution in [0.1, 0.15) is 24.5 Å². The fourth-order valence-corrected chi connectivity index (χ4v) is 4.02. The first-order valence-electron chi connectivity index (χ1n) is 9.45. The van der Waals surface area contributed by atoms with Crippen molar-refractivity contribution in [3.05, 3.63) is 64.7 Å². The van der Waals surface area contributed by atoms with Crippen LogP contribution in [0, 0.1) is 0 Å². The maximum Gasteiger partial charge on any atom is 0.242 e. The molecule has 0 aliphatic rings. The van der Waals surface area contributed by atoms with Crippen molar-refractivity contribution >= 4 is 35.2 Å². The predicted molar refractivity (Wildman–Crippen MR) is 119 cm³/mol. The van der Waals surface area contributed by atoms with E-state index < -0.39 is 6.04 Å². The number of hydrogen-bond donors (Lipinski definition) is 1. The minimum Gasteiger partial charge on any atom is -0.497 e. The summed E-state index contributed by atoms with van der Waals surface area (Å²) in [5.74, 6) is 1.53. The summed E-state index contributed by atoms with van der Waals surface area (Å²) in [4.78, 5) is 27.0. The Hall–Kier alpha value is -2.18. The standard InChI is InChI=1S/C22H27ClN2O3S/c1-4-20(22(27)24-2)25(13-17-7-5-6-8-19(17)23)21(26)15-29-14-16-9-11-18(28-3)12-10-16/h5-12,20H,4,13-15H2,1-3H3,(H,24,27). The lowest BCUT2D eigenvalue weighted by Gasteiger charge is -2.30. The summed E-state index contributed by atoms with van der Waals surface area (Å²) in [6, 6.07) is 14.6. The van der Waals surface area contributed by atoms with E-state index in [0.29, 0.717) is 23.7 Å². The van der Waals surface area contributed by atoms with E-state index in [0.717, 1.165) is 16.9 Å². The first kappa shape index (κ1) is 23.1. The van der Waals surface area contributed by atoms with Crippen LogP contribution in [0.2, 0.25) is 5.02 Å². The number of halogens is 1. The lowest BCUT2D eigenvalue weighted by molar-refractivity contribution is -0.139. The molecule has 1 unspecified atom stereocenters. The van der Waals surface area contributed by atoms with Crippen molar-refractivity contribution in [2.24, 2.45) is 0 Å². The molecule has 2 amide bonds. The van der Waals surface area contributed by atoms with Crippen LogP contribution >= 0.6 is 23.4 Å². The fourth-order valence-electron chi connectivity index (χ4n) is 2.96. The molecule has 1 N–H and O–H groups in total. The Morgan fingerprint density at radius 1 is 1.17 bits per heavy atom. The quantitative estimate of drug-likeness (QED) is 0.610. The van der Waals surface area contributed by atoms with Crippen molar-refractivity contribution in [1.29, 1.82) is 0 Å². The highest BCUT2D eigenvalue weighted by Crippen LogP contribution is 2.22. The lowest BCUT2D eigenvalue weighted by atomic mass is 10.1. The Morgan fingerprint density at radius 3 is 2.45 bits per heavy atom. The van der Waals surface area contributed by atoms with E-state index >= 15 is 0 Å². The second-order valence-corrected chi connectivity index (χ2v) is 7.89. The molecule has 7 heteroatoms. The highest BCUT2D eigenvalue weighted by Gasteiger charge is 2.28. The van der Waals surface area contributed by atoms with E-state index in [4.69, 9.17) is 16.3 Å². The molecule has 0 aromatic heterocycles. The molecule has 0 spiro atoms. The molecule has 0 aliphatic heterocycles.